The van der Waals surface area contributed by atoms with Crippen molar-refractivity contribution in [3.63, 3.8) is 0 Å². The molecular weight excluding hydrogens is 326 g/mol. The number of halogens is 1. The first-order valence-corrected chi connectivity index (χ1v) is 7.01. The summed E-state index contributed by atoms with van der Waals surface area (Å²) in [5.74, 6) is -1.20. The number of hydroxylamine groups is 1. The average molecular weight is 338 g/mol. The van der Waals surface area contributed by atoms with Crippen LogP contribution in [0.25, 0.3) is 0 Å². The third kappa shape index (κ3) is 2.72. The monoisotopic (exact) mass is 337 g/mol. The Morgan fingerprint density at radius 1 is 1.44 bits per heavy atom. The zero-order valence-corrected chi connectivity index (χ0v) is 12.4. The third-order valence-electron chi connectivity index (χ3n) is 2.42. The largest absolute Gasteiger partial charge is 0.478 e. The van der Waals surface area contributed by atoms with Gasteiger partial charge in [-0.05, 0) is 24.6 Å². The van der Waals surface area contributed by atoms with Crippen LogP contribution in [0.15, 0.2) is 21.5 Å². The molecule has 1 N–H and O–H groups in total. The van der Waals surface area contributed by atoms with E-state index in [1.807, 2.05) is 0 Å². The van der Waals surface area contributed by atoms with Crippen LogP contribution in [0.2, 0.25) is 0 Å². The molecule has 0 fully saturated rings. The highest BCUT2D eigenvalue weighted by atomic mass is 79.9. The number of carboxylic acid groups (broad SMARTS) is 1. The highest BCUT2D eigenvalue weighted by Crippen LogP contribution is 2.27. The van der Waals surface area contributed by atoms with Crippen LogP contribution in [0.5, 0.6) is 0 Å². The molecule has 0 bridgehead atoms. The van der Waals surface area contributed by atoms with Crippen LogP contribution in [0.3, 0.4) is 0 Å². The zero-order chi connectivity index (χ0) is 14.1. The van der Waals surface area contributed by atoms with Gasteiger partial charge in [-0.1, -0.05) is 20.4 Å². The number of hydrogen-bond donors (Lipinski definition) is 1. The van der Waals surface area contributed by atoms with Gasteiger partial charge in [-0.3, -0.25) is 4.84 Å². The van der Waals surface area contributed by atoms with Crippen LogP contribution < -0.4 is 0 Å². The number of aromatic carboxylic acids is 1. The molecular formula is C10H12BrNO5S. The zero-order valence-electron chi connectivity index (χ0n) is 9.97. The summed E-state index contributed by atoms with van der Waals surface area (Å²) in [4.78, 5) is 15.5. The minimum atomic E-state index is -3.88. The summed E-state index contributed by atoms with van der Waals surface area (Å²) >= 11 is 3.14. The summed E-state index contributed by atoms with van der Waals surface area (Å²) in [7, 11) is -1.44. The second-order valence-corrected chi connectivity index (χ2v) is 6.24. The van der Waals surface area contributed by atoms with Crippen molar-refractivity contribution >= 4 is 31.9 Å². The second kappa shape index (κ2) is 5.35. The fraction of sp³-hybridized carbons (Fsp3) is 0.300. The molecule has 8 heteroatoms. The topological polar surface area (TPSA) is 83.9 Å². The van der Waals surface area contributed by atoms with E-state index in [0.29, 0.717) is 14.5 Å². The van der Waals surface area contributed by atoms with E-state index in [1.54, 1.807) is 6.92 Å². The molecule has 0 saturated heterocycles. The van der Waals surface area contributed by atoms with Crippen molar-refractivity contribution < 1.29 is 23.2 Å². The third-order valence-corrected chi connectivity index (χ3v) is 5.05. The molecule has 0 aliphatic heterocycles. The Labute approximate surface area is 113 Å². The predicted molar refractivity (Wildman–Crippen MR) is 67.8 cm³/mol. The summed E-state index contributed by atoms with van der Waals surface area (Å²) < 4.78 is 25.3. The minimum Gasteiger partial charge on any atom is -0.478 e. The Balaban J connectivity index is 3.55. The normalized spacial score (nSPS) is 11.8. The van der Waals surface area contributed by atoms with Gasteiger partial charge in [0.2, 0.25) is 0 Å². The molecule has 0 aromatic heterocycles. The van der Waals surface area contributed by atoms with E-state index < -0.39 is 16.0 Å². The quantitative estimate of drug-likeness (QED) is 0.844. The molecule has 0 spiro atoms. The van der Waals surface area contributed by atoms with Crippen LogP contribution in [0, 0.1) is 6.92 Å². The maximum absolute atomic E-state index is 12.1. The van der Waals surface area contributed by atoms with Gasteiger partial charge in [0.05, 0.1) is 17.6 Å². The van der Waals surface area contributed by atoms with Gasteiger partial charge in [-0.2, -0.15) is 0 Å². The lowest BCUT2D eigenvalue weighted by Gasteiger charge is -2.17. The van der Waals surface area contributed by atoms with Gasteiger partial charge in [0.1, 0.15) is 0 Å². The summed E-state index contributed by atoms with van der Waals surface area (Å²) in [6, 6.07) is 2.46. The van der Waals surface area contributed by atoms with Crippen molar-refractivity contribution in [3.8, 4) is 0 Å². The van der Waals surface area contributed by atoms with E-state index in [9.17, 15) is 13.2 Å². The highest BCUT2D eigenvalue weighted by Gasteiger charge is 2.25. The number of hydrogen-bond acceptors (Lipinski definition) is 4. The first-order valence-electron chi connectivity index (χ1n) is 4.78. The molecule has 1 aromatic rings. The van der Waals surface area contributed by atoms with Crippen molar-refractivity contribution in [1.82, 2.24) is 4.47 Å². The maximum atomic E-state index is 12.1. The first kappa shape index (κ1) is 15.1. The molecule has 0 heterocycles. The molecule has 0 aliphatic rings. The first-order chi connectivity index (χ1) is 8.21. The van der Waals surface area contributed by atoms with Crippen molar-refractivity contribution in [2.24, 2.45) is 0 Å². The van der Waals surface area contributed by atoms with Gasteiger partial charge in [0.25, 0.3) is 10.0 Å². The van der Waals surface area contributed by atoms with Gasteiger partial charge in [0.15, 0.2) is 0 Å². The van der Waals surface area contributed by atoms with Crippen molar-refractivity contribution in [2.75, 3.05) is 14.2 Å². The fourth-order valence-electron chi connectivity index (χ4n) is 1.28. The van der Waals surface area contributed by atoms with Gasteiger partial charge in [0, 0.05) is 11.5 Å². The van der Waals surface area contributed by atoms with Crippen molar-refractivity contribution in [3.05, 3.63) is 27.7 Å². The Bertz CT molecular complexity index is 584. The fourth-order valence-corrected chi connectivity index (χ4v) is 3.12. The number of rotatable bonds is 4. The van der Waals surface area contributed by atoms with Gasteiger partial charge in [-0.25, -0.2) is 13.2 Å². The number of benzene rings is 1. The average Bonchev–Trinajstić information content (AvgIpc) is 2.30. The van der Waals surface area contributed by atoms with Gasteiger partial charge in [-0.15, -0.1) is 0 Å². The Kier molecular flexibility index (Phi) is 4.49. The molecule has 0 radical (unpaired) electrons. The molecule has 18 heavy (non-hydrogen) atoms. The maximum Gasteiger partial charge on any atom is 0.335 e. The number of carboxylic acids is 1. The van der Waals surface area contributed by atoms with E-state index >= 15 is 0 Å². The smallest absolute Gasteiger partial charge is 0.335 e. The highest BCUT2D eigenvalue weighted by molar-refractivity contribution is 9.10. The van der Waals surface area contributed by atoms with E-state index in [-0.39, 0.29) is 10.5 Å². The Hall–Kier alpha value is -0.960. The van der Waals surface area contributed by atoms with Crippen LogP contribution in [-0.2, 0) is 14.9 Å². The van der Waals surface area contributed by atoms with E-state index in [4.69, 9.17) is 5.11 Å². The summed E-state index contributed by atoms with van der Waals surface area (Å²) in [6.07, 6.45) is 0. The van der Waals surface area contributed by atoms with Crippen LogP contribution in [0.1, 0.15) is 15.9 Å². The molecule has 0 saturated carbocycles. The van der Waals surface area contributed by atoms with Crippen molar-refractivity contribution in [2.45, 2.75) is 11.8 Å². The van der Waals surface area contributed by atoms with Crippen LogP contribution >= 0.6 is 15.9 Å². The predicted octanol–water partition coefficient (Wildman–Crippen LogP) is 1.64. The standard InChI is InChI=1S/C10H12BrNO5S/c1-6-8(11)4-7(10(13)14)5-9(6)18(15,16)12(2)17-3/h4-5H,1-3H3,(H,13,14). The molecule has 1 rings (SSSR count). The van der Waals surface area contributed by atoms with Gasteiger partial charge < -0.3 is 5.11 Å². The molecule has 0 aliphatic carbocycles. The Morgan fingerprint density at radius 3 is 2.44 bits per heavy atom. The summed E-state index contributed by atoms with van der Waals surface area (Å²) in [6.45, 7) is 1.58. The molecule has 0 amide bonds. The number of nitrogens with zero attached hydrogens (tertiary/aromatic N) is 1. The van der Waals surface area contributed by atoms with E-state index in [2.05, 4.69) is 20.8 Å². The van der Waals surface area contributed by atoms with E-state index in [1.165, 1.54) is 20.2 Å². The Morgan fingerprint density at radius 2 is 2.00 bits per heavy atom. The number of carbonyl (C=O) groups is 1. The molecule has 0 atom stereocenters. The van der Waals surface area contributed by atoms with E-state index in [0.717, 1.165) is 6.07 Å². The summed E-state index contributed by atoms with van der Waals surface area (Å²) in [5, 5.41) is 8.93. The number of sulfonamides is 1. The lowest BCUT2D eigenvalue weighted by atomic mass is 10.1. The molecule has 1 aromatic carbocycles. The van der Waals surface area contributed by atoms with Gasteiger partial charge >= 0.3 is 5.97 Å². The minimum absolute atomic E-state index is 0.112. The lowest BCUT2D eigenvalue weighted by Crippen LogP contribution is -2.26. The second-order valence-electron chi connectivity index (χ2n) is 3.48. The van der Waals surface area contributed by atoms with Crippen molar-refractivity contribution in [1.29, 1.82) is 0 Å². The molecule has 100 valence electrons. The molecule has 0 unspecified atom stereocenters. The summed E-state index contributed by atoms with van der Waals surface area (Å²) in [5.41, 5.74) is 0.305. The lowest BCUT2D eigenvalue weighted by molar-refractivity contribution is -0.0259. The van der Waals surface area contributed by atoms with Crippen LogP contribution in [-0.4, -0.2) is 38.1 Å². The molecule has 6 nitrogen and oxygen atoms in total. The SMILES string of the molecule is CON(C)S(=O)(=O)c1cc(C(=O)O)cc(Br)c1C. The van der Waals surface area contributed by atoms with Crippen LogP contribution in [0.4, 0.5) is 0 Å².